The highest BCUT2D eigenvalue weighted by atomic mass is 32.2. The molecule has 1 atom stereocenters. The third-order valence-electron chi connectivity index (χ3n) is 3.77. The lowest BCUT2D eigenvalue weighted by Gasteiger charge is -2.30. The van der Waals surface area contributed by atoms with Crippen LogP contribution in [0.4, 0.5) is 0 Å². The maximum absolute atomic E-state index is 12.2. The molecule has 1 unspecified atom stereocenters. The molecule has 23 heavy (non-hydrogen) atoms. The summed E-state index contributed by atoms with van der Waals surface area (Å²) in [5.41, 5.74) is -1.25. The molecule has 0 radical (unpaired) electrons. The summed E-state index contributed by atoms with van der Waals surface area (Å²) < 4.78 is 23.2. The number of rotatable bonds is 6. The molecule has 0 aliphatic heterocycles. The summed E-state index contributed by atoms with van der Waals surface area (Å²) in [4.78, 5) is 24.0. The molecule has 6 nitrogen and oxygen atoms in total. The van der Waals surface area contributed by atoms with Crippen molar-refractivity contribution in [3.05, 3.63) is 35.9 Å². The van der Waals surface area contributed by atoms with Crippen molar-refractivity contribution in [2.45, 2.75) is 44.4 Å². The Balaban J connectivity index is 3.14. The van der Waals surface area contributed by atoms with Crippen LogP contribution in [0.1, 0.15) is 39.7 Å². The van der Waals surface area contributed by atoms with E-state index in [2.05, 4.69) is 5.32 Å². The molecule has 0 aliphatic carbocycles. The largest absolute Gasteiger partial charge is 0.479 e. The molecule has 0 aliphatic rings. The quantitative estimate of drug-likeness (QED) is 0.820. The van der Waals surface area contributed by atoms with Crippen molar-refractivity contribution in [1.82, 2.24) is 5.32 Å². The van der Waals surface area contributed by atoms with Gasteiger partial charge in [0.1, 0.15) is 5.75 Å². The van der Waals surface area contributed by atoms with Crippen molar-refractivity contribution < 1.29 is 23.1 Å². The smallest absolute Gasteiger partial charge is 0.334 e. The van der Waals surface area contributed by atoms with Crippen molar-refractivity contribution in [2.24, 2.45) is 0 Å². The minimum atomic E-state index is -3.69. The molecule has 128 valence electrons. The molecular formula is C16H23NO5S. The standard InChI is InChI=1S/C16H23NO5S/c1-5-16(14(19)20,12-9-7-6-8-10-12)17-13(18)11-23(21,22)15(2,3)4/h6-10H,5,11H2,1-4H3,(H,17,18)(H,19,20). The highest BCUT2D eigenvalue weighted by molar-refractivity contribution is 7.93. The van der Waals surface area contributed by atoms with Gasteiger partial charge in [0, 0.05) is 0 Å². The van der Waals surface area contributed by atoms with Gasteiger partial charge in [-0.25, -0.2) is 13.2 Å². The maximum atomic E-state index is 12.2. The number of hydrogen-bond acceptors (Lipinski definition) is 4. The van der Waals surface area contributed by atoms with Gasteiger partial charge in [-0.3, -0.25) is 4.79 Å². The van der Waals surface area contributed by atoms with Gasteiger partial charge in [0.05, 0.1) is 4.75 Å². The fraction of sp³-hybridized carbons (Fsp3) is 0.500. The van der Waals surface area contributed by atoms with E-state index in [-0.39, 0.29) is 6.42 Å². The number of hydrogen-bond donors (Lipinski definition) is 2. The van der Waals surface area contributed by atoms with Crippen LogP contribution in [0.5, 0.6) is 0 Å². The van der Waals surface area contributed by atoms with Crippen LogP contribution >= 0.6 is 0 Å². The van der Waals surface area contributed by atoms with Crippen LogP contribution in [-0.2, 0) is 25.0 Å². The average molecular weight is 341 g/mol. The van der Waals surface area contributed by atoms with Crippen LogP contribution < -0.4 is 5.32 Å². The molecule has 0 aromatic heterocycles. The van der Waals surface area contributed by atoms with Crippen molar-refractivity contribution in [3.8, 4) is 0 Å². The molecule has 0 saturated carbocycles. The minimum Gasteiger partial charge on any atom is -0.479 e. The van der Waals surface area contributed by atoms with Gasteiger partial charge in [0.2, 0.25) is 5.91 Å². The summed E-state index contributed by atoms with van der Waals surface area (Å²) in [5, 5.41) is 12.0. The molecule has 7 heteroatoms. The summed E-state index contributed by atoms with van der Waals surface area (Å²) in [6.45, 7) is 6.12. The first kappa shape index (κ1) is 19.2. The predicted molar refractivity (Wildman–Crippen MR) is 87.7 cm³/mol. The number of sulfone groups is 1. The Hall–Kier alpha value is -1.89. The number of amides is 1. The van der Waals surface area contributed by atoms with Crippen molar-refractivity contribution in [1.29, 1.82) is 0 Å². The van der Waals surface area contributed by atoms with E-state index in [0.717, 1.165) is 0 Å². The highest BCUT2D eigenvalue weighted by Gasteiger charge is 2.41. The zero-order chi connectivity index (χ0) is 17.9. The van der Waals surface area contributed by atoms with Gasteiger partial charge in [0.15, 0.2) is 15.4 Å². The normalized spacial score (nSPS) is 14.8. The van der Waals surface area contributed by atoms with Crippen LogP contribution in [0.2, 0.25) is 0 Å². The fourth-order valence-corrected chi connectivity index (χ4v) is 2.93. The van der Waals surface area contributed by atoms with Crippen LogP contribution in [0.25, 0.3) is 0 Å². The molecule has 1 rings (SSSR count). The molecular weight excluding hydrogens is 318 g/mol. The number of benzene rings is 1. The van der Waals surface area contributed by atoms with Gasteiger partial charge in [-0.2, -0.15) is 0 Å². The molecule has 0 saturated heterocycles. The summed E-state index contributed by atoms with van der Waals surface area (Å²) in [6, 6.07) is 8.26. The summed E-state index contributed by atoms with van der Waals surface area (Å²) >= 11 is 0. The Morgan fingerprint density at radius 3 is 2.04 bits per heavy atom. The van der Waals surface area contributed by atoms with Crippen molar-refractivity contribution in [3.63, 3.8) is 0 Å². The van der Waals surface area contributed by atoms with E-state index in [1.54, 1.807) is 37.3 Å². The van der Waals surface area contributed by atoms with E-state index in [4.69, 9.17) is 0 Å². The predicted octanol–water partition coefficient (Wildman–Crippen LogP) is 1.71. The SMILES string of the molecule is CCC(NC(=O)CS(=O)(=O)C(C)(C)C)(C(=O)O)c1ccccc1. The molecule has 0 bridgehead atoms. The first-order chi connectivity index (χ1) is 10.5. The molecule has 1 amide bonds. The monoisotopic (exact) mass is 341 g/mol. The second kappa shape index (κ2) is 6.70. The van der Waals surface area contributed by atoms with Gasteiger partial charge >= 0.3 is 5.97 Å². The van der Waals surface area contributed by atoms with E-state index < -0.39 is 37.8 Å². The van der Waals surface area contributed by atoms with E-state index in [9.17, 15) is 23.1 Å². The Morgan fingerprint density at radius 2 is 1.65 bits per heavy atom. The number of aliphatic carboxylic acids is 1. The lowest BCUT2D eigenvalue weighted by Crippen LogP contribution is -2.53. The Bertz CT molecular complexity index is 676. The number of nitrogens with one attached hydrogen (secondary N) is 1. The summed E-state index contributed by atoms with van der Waals surface area (Å²) in [6.07, 6.45) is 0.0909. The number of carbonyl (C=O) groups excluding carboxylic acids is 1. The van der Waals surface area contributed by atoms with Crippen LogP contribution in [0, 0.1) is 0 Å². The molecule has 1 aromatic rings. The zero-order valence-electron chi connectivity index (χ0n) is 13.8. The van der Waals surface area contributed by atoms with Crippen LogP contribution in [-0.4, -0.2) is 35.9 Å². The summed E-state index contributed by atoms with van der Waals surface area (Å²) in [7, 11) is -3.69. The van der Waals surface area contributed by atoms with E-state index in [1.807, 2.05) is 0 Å². The van der Waals surface area contributed by atoms with E-state index >= 15 is 0 Å². The minimum absolute atomic E-state index is 0.0909. The fourth-order valence-electron chi connectivity index (χ4n) is 2.08. The van der Waals surface area contributed by atoms with Crippen LogP contribution in [0.3, 0.4) is 0 Å². The van der Waals surface area contributed by atoms with E-state index in [0.29, 0.717) is 5.56 Å². The maximum Gasteiger partial charge on any atom is 0.334 e. The second-order valence-electron chi connectivity index (χ2n) is 6.35. The molecule has 0 heterocycles. The number of carboxylic acids is 1. The lowest BCUT2D eigenvalue weighted by atomic mass is 9.87. The van der Waals surface area contributed by atoms with Crippen molar-refractivity contribution >= 4 is 21.7 Å². The van der Waals surface area contributed by atoms with Crippen LogP contribution in [0.15, 0.2) is 30.3 Å². The third-order valence-corrected chi connectivity index (χ3v) is 6.28. The topological polar surface area (TPSA) is 101 Å². The van der Waals surface area contributed by atoms with Crippen molar-refractivity contribution in [2.75, 3.05) is 5.75 Å². The third kappa shape index (κ3) is 4.10. The number of carbonyl (C=O) groups is 2. The van der Waals surface area contributed by atoms with E-state index in [1.165, 1.54) is 20.8 Å². The first-order valence-electron chi connectivity index (χ1n) is 7.28. The Labute approximate surface area is 136 Å². The first-order valence-corrected chi connectivity index (χ1v) is 8.94. The zero-order valence-corrected chi connectivity index (χ0v) is 14.6. The summed E-state index contributed by atoms with van der Waals surface area (Å²) in [5.74, 6) is -2.81. The molecule has 1 aromatic carbocycles. The lowest BCUT2D eigenvalue weighted by molar-refractivity contribution is -0.148. The van der Waals surface area contributed by atoms with Gasteiger partial charge in [-0.1, -0.05) is 37.3 Å². The highest BCUT2D eigenvalue weighted by Crippen LogP contribution is 2.26. The van der Waals surface area contributed by atoms with Gasteiger partial charge in [-0.05, 0) is 32.8 Å². The molecule has 0 fully saturated rings. The Kier molecular flexibility index (Phi) is 5.58. The van der Waals surface area contributed by atoms with Gasteiger partial charge < -0.3 is 10.4 Å². The Morgan fingerprint density at radius 1 is 1.13 bits per heavy atom. The van der Waals surface area contributed by atoms with Gasteiger partial charge in [-0.15, -0.1) is 0 Å². The van der Waals surface area contributed by atoms with Gasteiger partial charge in [0.25, 0.3) is 0 Å². The molecule has 0 spiro atoms. The average Bonchev–Trinajstić information content (AvgIpc) is 2.43. The second-order valence-corrected chi connectivity index (χ2v) is 9.09. The molecule has 2 N–H and O–H groups in total. The number of carboxylic acid groups (broad SMARTS) is 1.